The summed E-state index contributed by atoms with van der Waals surface area (Å²) in [5.74, 6) is 1.52. The number of carbonyl (C=O) groups excluding carboxylic acids is 1. The van der Waals surface area contributed by atoms with Gasteiger partial charge in [-0.1, -0.05) is 6.07 Å². The summed E-state index contributed by atoms with van der Waals surface area (Å²) in [7, 11) is 1.54. The molecule has 1 saturated heterocycles. The highest BCUT2D eigenvalue weighted by molar-refractivity contribution is 5.75. The van der Waals surface area contributed by atoms with E-state index < -0.39 is 0 Å². The fourth-order valence-electron chi connectivity index (χ4n) is 4.83. The minimum atomic E-state index is 0.0310. The zero-order chi connectivity index (χ0) is 24.3. The van der Waals surface area contributed by atoms with Crippen molar-refractivity contribution in [2.75, 3.05) is 12.4 Å². The SMILES string of the molecule is COc1cc(-c2ccc(-c3cnc(NC4CC(C)(C)NC(C)(C)C4)cn3)c(OC=O)c2)ncn1. The lowest BCUT2D eigenvalue weighted by atomic mass is 9.79. The Morgan fingerprint density at radius 3 is 2.41 bits per heavy atom. The van der Waals surface area contributed by atoms with Gasteiger partial charge in [0.15, 0.2) is 0 Å². The Morgan fingerprint density at radius 2 is 1.76 bits per heavy atom. The fourth-order valence-corrected chi connectivity index (χ4v) is 4.83. The van der Waals surface area contributed by atoms with Gasteiger partial charge in [0.2, 0.25) is 5.88 Å². The number of ether oxygens (including phenoxy) is 2. The van der Waals surface area contributed by atoms with E-state index in [1.54, 1.807) is 31.6 Å². The number of hydrogen-bond donors (Lipinski definition) is 2. The van der Waals surface area contributed by atoms with E-state index >= 15 is 0 Å². The number of anilines is 1. The summed E-state index contributed by atoms with van der Waals surface area (Å²) >= 11 is 0. The summed E-state index contributed by atoms with van der Waals surface area (Å²) in [5, 5.41) is 7.21. The highest BCUT2D eigenvalue weighted by Gasteiger charge is 2.37. The van der Waals surface area contributed by atoms with Gasteiger partial charge in [-0.15, -0.1) is 0 Å². The average molecular weight is 463 g/mol. The summed E-state index contributed by atoms with van der Waals surface area (Å²) in [4.78, 5) is 28.6. The van der Waals surface area contributed by atoms with E-state index in [1.165, 1.54) is 6.33 Å². The largest absolute Gasteiger partial charge is 0.481 e. The van der Waals surface area contributed by atoms with Crippen molar-refractivity contribution in [1.82, 2.24) is 25.3 Å². The molecule has 1 fully saturated rings. The van der Waals surface area contributed by atoms with Crippen LogP contribution in [0.1, 0.15) is 40.5 Å². The number of nitrogens with zero attached hydrogens (tertiary/aromatic N) is 4. The van der Waals surface area contributed by atoms with Crippen LogP contribution in [0.2, 0.25) is 0 Å². The van der Waals surface area contributed by atoms with Crippen molar-refractivity contribution in [2.45, 2.75) is 57.7 Å². The number of piperidine rings is 1. The first kappa shape index (κ1) is 23.6. The molecule has 2 N–H and O–H groups in total. The van der Waals surface area contributed by atoms with Crippen LogP contribution in [0.4, 0.5) is 5.82 Å². The maximum Gasteiger partial charge on any atom is 0.298 e. The van der Waals surface area contributed by atoms with Crippen LogP contribution in [0.5, 0.6) is 11.6 Å². The van der Waals surface area contributed by atoms with Crippen LogP contribution < -0.4 is 20.1 Å². The molecular formula is C25H30N6O3. The first-order chi connectivity index (χ1) is 16.2. The molecule has 0 spiro atoms. The van der Waals surface area contributed by atoms with Gasteiger partial charge in [-0.3, -0.25) is 9.78 Å². The molecule has 4 rings (SSSR count). The zero-order valence-electron chi connectivity index (χ0n) is 20.1. The highest BCUT2D eigenvalue weighted by Crippen LogP contribution is 2.34. The second-order valence-corrected chi connectivity index (χ2v) is 9.80. The maximum absolute atomic E-state index is 11.2. The van der Waals surface area contributed by atoms with Crippen molar-refractivity contribution >= 4 is 12.3 Å². The van der Waals surface area contributed by atoms with Crippen molar-refractivity contribution in [3.05, 3.63) is 43.0 Å². The van der Waals surface area contributed by atoms with Crippen LogP contribution in [0.3, 0.4) is 0 Å². The first-order valence-electron chi connectivity index (χ1n) is 11.2. The summed E-state index contributed by atoms with van der Waals surface area (Å²) < 4.78 is 10.4. The molecule has 1 aliphatic rings. The molecule has 0 aliphatic carbocycles. The molecule has 2 aromatic heterocycles. The Labute approximate surface area is 199 Å². The molecule has 0 atom stereocenters. The molecule has 178 valence electrons. The van der Waals surface area contributed by atoms with E-state index in [2.05, 4.69) is 58.3 Å². The Bertz CT molecular complexity index is 1150. The standard InChI is InChI=1S/C25H30N6O3/c1-24(2)10-17(11-25(3,4)31-24)30-22-13-26-20(12-27-22)18-7-6-16(8-21(18)34-15-32)19-9-23(33-5)29-14-28-19/h6-9,12-15,17,31H,10-11H2,1-5H3,(H,27,30). The van der Waals surface area contributed by atoms with E-state index in [9.17, 15) is 4.79 Å². The summed E-state index contributed by atoms with van der Waals surface area (Å²) in [5.41, 5.74) is 2.71. The van der Waals surface area contributed by atoms with Crippen LogP contribution >= 0.6 is 0 Å². The number of methoxy groups -OCH3 is 1. The molecule has 0 unspecified atom stereocenters. The van der Waals surface area contributed by atoms with Crippen LogP contribution in [0, 0.1) is 0 Å². The topological polar surface area (TPSA) is 111 Å². The van der Waals surface area contributed by atoms with Crippen molar-refractivity contribution in [3.8, 4) is 34.1 Å². The lowest BCUT2D eigenvalue weighted by Crippen LogP contribution is -2.60. The Kier molecular flexibility index (Phi) is 6.47. The van der Waals surface area contributed by atoms with Crippen molar-refractivity contribution in [3.63, 3.8) is 0 Å². The number of benzene rings is 1. The summed E-state index contributed by atoms with van der Waals surface area (Å²) in [6.07, 6.45) is 6.77. The third-order valence-corrected chi connectivity index (χ3v) is 5.77. The molecule has 3 aromatic rings. The maximum atomic E-state index is 11.2. The number of carbonyl (C=O) groups is 1. The van der Waals surface area contributed by atoms with Gasteiger partial charge >= 0.3 is 0 Å². The van der Waals surface area contributed by atoms with Crippen LogP contribution in [0.15, 0.2) is 43.0 Å². The van der Waals surface area contributed by atoms with E-state index in [-0.39, 0.29) is 17.1 Å². The Balaban J connectivity index is 1.56. The lowest BCUT2D eigenvalue weighted by molar-refractivity contribution is -0.120. The van der Waals surface area contributed by atoms with Gasteiger partial charge in [-0.05, 0) is 52.7 Å². The number of aromatic nitrogens is 4. The van der Waals surface area contributed by atoms with Crippen molar-refractivity contribution in [2.24, 2.45) is 0 Å². The number of nitrogens with one attached hydrogen (secondary N) is 2. The van der Waals surface area contributed by atoms with E-state index in [1.807, 2.05) is 12.1 Å². The molecule has 34 heavy (non-hydrogen) atoms. The van der Waals surface area contributed by atoms with Gasteiger partial charge in [-0.25, -0.2) is 15.0 Å². The van der Waals surface area contributed by atoms with Crippen LogP contribution in [-0.4, -0.2) is 50.6 Å². The van der Waals surface area contributed by atoms with Crippen LogP contribution in [-0.2, 0) is 4.79 Å². The van der Waals surface area contributed by atoms with Gasteiger partial charge in [0.1, 0.15) is 17.9 Å². The third kappa shape index (κ3) is 5.48. The van der Waals surface area contributed by atoms with E-state index in [0.29, 0.717) is 40.9 Å². The van der Waals surface area contributed by atoms with E-state index in [4.69, 9.17) is 9.47 Å². The normalized spacial score (nSPS) is 17.1. The smallest absolute Gasteiger partial charge is 0.298 e. The predicted molar refractivity (Wildman–Crippen MR) is 130 cm³/mol. The highest BCUT2D eigenvalue weighted by atomic mass is 16.5. The first-order valence-corrected chi connectivity index (χ1v) is 11.2. The number of rotatable bonds is 7. The molecule has 1 aromatic carbocycles. The van der Waals surface area contributed by atoms with Gasteiger partial charge in [0.25, 0.3) is 6.47 Å². The van der Waals surface area contributed by atoms with E-state index in [0.717, 1.165) is 18.4 Å². The third-order valence-electron chi connectivity index (χ3n) is 5.77. The minimum absolute atomic E-state index is 0.0310. The Hall–Kier alpha value is -3.59. The molecule has 9 nitrogen and oxygen atoms in total. The fraction of sp³-hybridized carbons (Fsp3) is 0.400. The molecule has 1 aliphatic heterocycles. The summed E-state index contributed by atoms with van der Waals surface area (Å²) in [6.45, 7) is 9.26. The van der Waals surface area contributed by atoms with Gasteiger partial charge in [-0.2, -0.15) is 0 Å². The molecule has 3 heterocycles. The molecule has 9 heteroatoms. The van der Waals surface area contributed by atoms with Gasteiger partial charge in [0.05, 0.1) is 30.9 Å². The molecule has 0 radical (unpaired) electrons. The molecule has 0 saturated carbocycles. The average Bonchev–Trinajstić information content (AvgIpc) is 2.78. The second-order valence-electron chi connectivity index (χ2n) is 9.80. The van der Waals surface area contributed by atoms with Crippen molar-refractivity contribution in [1.29, 1.82) is 0 Å². The number of hydrogen-bond acceptors (Lipinski definition) is 9. The van der Waals surface area contributed by atoms with Gasteiger partial charge < -0.3 is 20.1 Å². The summed E-state index contributed by atoms with van der Waals surface area (Å²) in [6, 6.07) is 7.44. The predicted octanol–water partition coefficient (Wildman–Crippen LogP) is 3.87. The molecular weight excluding hydrogens is 432 g/mol. The van der Waals surface area contributed by atoms with Crippen LogP contribution in [0.25, 0.3) is 22.5 Å². The second kappa shape index (κ2) is 9.34. The van der Waals surface area contributed by atoms with Crippen molar-refractivity contribution < 1.29 is 14.3 Å². The molecule has 0 amide bonds. The van der Waals surface area contributed by atoms with Gasteiger partial charge in [0, 0.05) is 34.3 Å². The quantitative estimate of drug-likeness (QED) is 0.506. The zero-order valence-corrected chi connectivity index (χ0v) is 20.1. The Morgan fingerprint density at radius 1 is 1.00 bits per heavy atom. The minimum Gasteiger partial charge on any atom is -0.481 e. The monoisotopic (exact) mass is 462 g/mol. The lowest BCUT2D eigenvalue weighted by Gasteiger charge is -2.46. The molecule has 0 bridgehead atoms.